The maximum Gasteiger partial charge on any atom is 0.522 e. The summed E-state index contributed by atoms with van der Waals surface area (Å²) in [6.07, 6.45) is -1.34. The fraction of sp³-hybridized carbons (Fsp3) is 1.00. The normalized spacial score (nSPS) is 25.7. The third-order valence-electron chi connectivity index (χ3n) is 3.67. The number of hydrogen-bond donors (Lipinski definition) is 1. The van der Waals surface area contributed by atoms with Crippen molar-refractivity contribution < 1.29 is 17.9 Å². The van der Waals surface area contributed by atoms with Crippen molar-refractivity contribution in [3.8, 4) is 0 Å². The molecule has 6 heteroatoms. The van der Waals surface area contributed by atoms with Gasteiger partial charge in [-0.2, -0.15) is 0 Å². The van der Waals surface area contributed by atoms with Gasteiger partial charge in [-0.15, -0.1) is 13.2 Å². The number of likely N-dealkylation sites (tertiary alicyclic amines) is 1. The predicted molar refractivity (Wildman–Crippen MR) is 68.9 cm³/mol. The van der Waals surface area contributed by atoms with E-state index in [1.54, 1.807) is 0 Å². The lowest BCUT2D eigenvalue weighted by Crippen LogP contribution is -2.50. The Kier molecular flexibility index (Phi) is 7.10. The first-order chi connectivity index (χ1) is 8.96. The molecule has 1 heterocycles. The highest BCUT2D eigenvalue weighted by molar-refractivity contribution is 4.84. The molecule has 1 saturated heterocycles. The van der Waals surface area contributed by atoms with Crippen molar-refractivity contribution in [1.29, 1.82) is 0 Å². The maximum atomic E-state index is 11.9. The van der Waals surface area contributed by atoms with Crippen molar-refractivity contribution >= 4 is 0 Å². The highest BCUT2D eigenvalue weighted by Crippen LogP contribution is 2.21. The fourth-order valence-corrected chi connectivity index (χ4v) is 2.61. The lowest BCUT2D eigenvalue weighted by molar-refractivity contribution is -0.325. The van der Waals surface area contributed by atoms with Gasteiger partial charge < -0.3 is 10.2 Å². The topological polar surface area (TPSA) is 24.5 Å². The average molecular weight is 282 g/mol. The largest absolute Gasteiger partial charge is 0.522 e. The summed E-state index contributed by atoms with van der Waals surface area (Å²) in [5.41, 5.74) is 0. The summed E-state index contributed by atoms with van der Waals surface area (Å²) < 4.78 is 39.5. The molecule has 2 atom stereocenters. The molecule has 1 rings (SSSR count). The van der Waals surface area contributed by atoms with E-state index >= 15 is 0 Å². The first-order valence-corrected chi connectivity index (χ1v) is 7.12. The standard InChI is InChI=1S/C13H25F3N2O/c1-3-6-17-12-5-7-18(10-11(12)4-2)8-9-19-13(14,15)16/h11-12,17H,3-10H2,1-2H3. The Morgan fingerprint density at radius 2 is 2.05 bits per heavy atom. The van der Waals surface area contributed by atoms with Crippen LogP contribution in [0.5, 0.6) is 0 Å². The molecule has 1 aliphatic rings. The van der Waals surface area contributed by atoms with Crippen LogP contribution in [0.1, 0.15) is 33.1 Å². The molecule has 1 aliphatic heterocycles. The van der Waals surface area contributed by atoms with Gasteiger partial charge in [0.2, 0.25) is 0 Å². The highest BCUT2D eigenvalue weighted by Gasteiger charge is 2.30. The number of halogens is 3. The Bertz CT molecular complexity index is 249. The van der Waals surface area contributed by atoms with E-state index in [4.69, 9.17) is 0 Å². The molecule has 0 saturated carbocycles. The van der Waals surface area contributed by atoms with Crippen molar-refractivity contribution in [2.24, 2.45) is 5.92 Å². The second-order valence-corrected chi connectivity index (χ2v) is 5.11. The van der Waals surface area contributed by atoms with E-state index < -0.39 is 6.36 Å². The van der Waals surface area contributed by atoms with Gasteiger partial charge in [0.05, 0.1) is 6.61 Å². The van der Waals surface area contributed by atoms with Gasteiger partial charge in [0.15, 0.2) is 0 Å². The third kappa shape index (κ3) is 6.58. The van der Waals surface area contributed by atoms with Gasteiger partial charge in [0.1, 0.15) is 0 Å². The number of rotatable bonds is 7. The Hall–Kier alpha value is -0.330. The molecule has 0 aromatic carbocycles. The highest BCUT2D eigenvalue weighted by atomic mass is 19.4. The van der Waals surface area contributed by atoms with Crippen LogP contribution in [0.3, 0.4) is 0 Å². The average Bonchev–Trinajstić information content (AvgIpc) is 2.35. The quantitative estimate of drug-likeness (QED) is 0.777. The summed E-state index contributed by atoms with van der Waals surface area (Å²) in [4.78, 5) is 2.07. The maximum absolute atomic E-state index is 11.9. The van der Waals surface area contributed by atoms with Crippen molar-refractivity contribution in [2.45, 2.75) is 45.5 Å². The number of nitrogens with zero attached hydrogens (tertiary/aromatic N) is 1. The molecule has 0 aromatic rings. The fourth-order valence-electron chi connectivity index (χ4n) is 2.61. The van der Waals surface area contributed by atoms with Gasteiger partial charge in [0.25, 0.3) is 0 Å². The molecule has 19 heavy (non-hydrogen) atoms. The van der Waals surface area contributed by atoms with Gasteiger partial charge >= 0.3 is 6.36 Å². The van der Waals surface area contributed by atoms with Crippen LogP contribution in [0.4, 0.5) is 13.2 Å². The molecule has 1 fully saturated rings. The summed E-state index contributed by atoms with van der Waals surface area (Å²) in [5.74, 6) is 0.520. The molecule has 114 valence electrons. The van der Waals surface area contributed by atoms with Crippen molar-refractivity contribution in [2.75, 3.05) is 32.8 Å². The first kappa shape index (κ1) is 16.7. The van der Waals surface area contributed by atoms with Crippen LogP contribution in [0.2, 0.25) is 0 Å². The van der Waals surface area contributed by atoms with Crippen LogP contribution in [-0.4, -0.2) is 50.1 Å². The van der Waals surface area contributed by atoms with E-state index in [9.17, 15) is 13.2 Å². The minimum atomic E-state index is -4.51. The van der Waals surface area contributed by atoms with Crippen molar-refractivity contribution in [1.82, 2.24) is 10.2 Å². The van der Waals surface area contributed by atoms with E-state index in [2.05, 4.69) is 28.8 Å². The Labute approximate surface area is 113 Å². The molecule has 0 spiro atoms. The van der Waals surface area contributed by atoms with Crippen LogP contribution >= 0.6 is 0 Å². The Morgan fingerprint density at radius 1 is 1.32 bits per heavy atom. The zero-order valence-electron chi connectivity index (χ0n) is 11.8. The second-order valence-electron chi connectivity index (χ2n) is 5.11. The molecule has 0 bridgehead atoms. The van der Waals surface area contributed by atoms with E-state index in [1.807, 2.05) is 0 Å². The minimum absolute atomic E-state index is 0.271. The zero-order chi connectivity index (χ0) is 14.3. The van der Waals surface area contributed by atoms with E-state index in [0.717, 1.165) is 38.9 Å². The number of ether oxygens (including phenoxy) is 1. The molecule has 0 aliphatic carbocycles. The van der Waals surface area contributed by atoms with Gasteiger partial charge in [-0.1, -0.05) is 20.3 Å². The van der Waals surface area contributed by atoms with Crippen LogP contribution in [-0.2, 0) is 4.74 Å². The van der Waals surface area contributed by atoms with Crippen LogP contribution in [0.15, 0.2) is 0 Å². The molecule has 0 amide bonds. The molecule has 0 aromatic heterocycles. The number of piperidine rings is 1. The number of alkyl halides is 3. The minimum Gasteiger partial charge on any atom is -0.314 e. The predicted octanol–water partition coefficient (Wildman–Crippen LogP) is 2.62. The van der Waals surface area contributed by atoms with E-state index in [0.29, 0.717) is 18.5 Å². The van der Waals surface area contributed by atoms with E-state index in [1.165, 1.54) is 0 Å². The number of hydrogen-bond acceptors (Lipinski definition) is 3. The lowest BCUT2D eigenvalue weighted by atomic mass is 9.90. The second kappa shape index (κ2) is 8.07. The smallest absolute Gasteiger partial charge is 0.314 e. The Balaban J connectivity index is 2.29. The first-order valence-electron chi connectivity index (χ1n) is 7.12. The molecular weight excluding hydrogens is 257 g/mol. The molecule has 0 radical (unpaired) electrons. The lowest BCUT2D eigenvalue weighted by Gasteiger charge is -2.38. The summed E-state index contributed by atoms with van der Waals surface area (Å²) in [6, 6.07) is 0.504. The summed E-state index contributed by atoms with van der Waals surface area (Å²) in [5, 5.41) is 3.54. The molecule has 3 nitrogen and oxygen atoms in total. The molecule has 1 N–H and O–H groups in total. The van der Waals surface area contributed by atoms with Gasteiger partial charge in [-0.25, -0.2) is 0 Å². The summed E-state index contributed by atoms with van der Waals surface area (Å²) in [6.45, 7) is 7.08. The van der Waals surface area contributed by atoms with Crippen LogP contribution in [0, 0.1) is 5.92 Å². The summed E-state index contributed by atoms with van der Waals surface area (Å²) >= 11 is 0. The van der Waals surface area contributed by atoms with Crippen molar-refractivity contribution in [3.05, 3.63) is 0 Å². The van der Waals surface area contributed by atoms with Gasteiger partial charge in [-0.05, 0) is 31.8 Å². The van der Waals surface area contributed by atoms with Gasteiger partial charge in [0, 0.05) is 19.1 Å². The molecule has 2 unspecified atom stereocenters. The van der Waals surface area contributed by atoms with E-state index in [-0.39, 0.29) is 6.61 Å². The Morgan fingerprint density at radius 3 is 2.63 bits per heavy atom. The SMILES string of the molecule is CCCNC1CCN(CCOC(F)(F)F)CC1CC. The monoisotopic (exact) mass is 282 g/mol. The summed E-state index contributed by atoms with van der Waals surface area (Å²) in [7, 11) is 0. The molecular formula is C13H25F3N2O. The van der Waals surface area contributed by atoms with Crippen LogP contribution < -0.4 is 5.32 Å². The zero-order valence-corrected chi connectivity index (χ0v) is 11.8. The van der Waals surface area contributed by atoms with Gasteiger partial charge in [-0.3, -0.25) is 4.74 Å². The number of nitrogens with one attached hydrogen (secondary N) is 1. The third-order valence-corrected chi connectivity index (χ3v) is 3.67. The van der Waals surface area contributed by atoms with Crippen LogP contribution in [0.25, 0.3) is 0 Å². The van der Waals surface area contributed by atoms with Crippen molar-refractivity contribution in [3.63, 3.8) is 0 Å².